The quantitative estimate of drug-likeness (QED) is 0.814. The van der Waals surface area contributed by atoms with Crippen LogP contribution in [-0.2, 0) is 4.79 Å². The average molecular weight is 382 g/mol. The van der Waals surface area contributed by atoms with Crippen LogP contribution in [0.1, 0.15) is 36.2 Å². The van der Waals surface area contributed by atoms with Gasteiger partial charge in [-0.3, -0.25) is 9.59 Å². The van der Waals surface area contributed by atoms with Crippen LogP contribution in [0.3, 0.4) is 0 Å². The number of likely N-dealkylation sites (tertiary alicyclic amines) is 2. The fraction of sp³-hybridized carbons (Fsp3) is 0.476. The maximum atomic E-state index is 13.0. The van der Waals surface area contributed by atoms with Crippen molar-refractivity contribution in [2.75, 3.05) is 33.3 Å². The molecule has 4 rings (SSSR count). The van der Waals surface area contributed by atoms with E-state index in [1.807, 2.05) is 35.2 Å². The predicted octanol–water partition coefficient (Wildman–Crippen LogP) is 2.36. The highest BCUT2D eigenvalue weighted by atomic mass is 16.5. The summed E-state index contributed by atoms with van der Waals surface area (Å²) in [6, 6.07) is 9.64. The van der Waals surface area contributed by atoms with E-state index in [4.69, 9.17) is 4.74 Å². The summed E-state index contributed by atoms with van der Waals surface area (Å²) in [7, 11) is 1.55. The molecule has 0 spiro atoms. The van der Waals surface area contributed by atoms with Gasteiger partial charge in [0, 0.05) is 32.1 Å². The largest absolute Gasteiger partial charge is 0.493 e. The number of rotatable bonds is 4. The standard InChI is InChI=1S/C21H26N4O3/c1-28-18-15-25(17-7-3-2-4-8-17)22-19(18)21(27)24-13-9-16(10-14-24)20(26)23-11-5-6-12-23/h2-4,7-8,15-16H,5-6,9-14H2,1H3. The molecule has 2 fully saturated rings. The first kappa shape index (κ1) is 18.5. The molecule has 2 aliphatic heterocycles. The Bertz CT molecular complexity index is 835. The molecule has 0 bridgehead atoms. The van der Waals surface area contributed by atoms with E-state index < -0.39 is 0 Å². The first-order valence-electron chi connectivity index (χ1n) is 9.94. The number of carbonyl (C=O) groups is 2. The molecule has 1 aromatic carbocycles. The highest BCUT2D eigenvalue weighted by Crippen LogP contribution is 2.26. The molecule has 7 heteroatoms. The lowest BCUT2D eigenvalue weighted by molar-refractivity contribution is -0.135. The number of benzene rings is 1. The Balaban J connectivity index is 1.44. The number of nitrogens with zero attached hydrogens (tertiary/aromatic N) is 4. The van der Waals surface area contributed by atoms with Gasteiger partial charge in [-0.05, 0) is 37.8 Å². The third-order valence-corrected chi connectivity index (χ3v) is 5.67. The van der Waals surface area contributed by atoms with E-state index in [-0.39, 0.29) is 17.7 Å². The number of methoxy groups -OCH3 is 1. The van der Waals surface area contributed by atoms with Crippen molar-refractivity contribution in [1.29, 1.82) is 0 Å². The normalized spacial score (nSPS) is 17.8. The fourth-order valence-corrected chi connectivity index (χ4v) is 4.04. The summed E-state index contributed by atoms with van der Waals surface area (Å²) in [5, 5.41) is 4.47. The zero-order chi connectivity index (χ0) is 19.5. The number of hydrogen-bond acceptors (Lipinski definition) is 4. The van der Waals surface area contributed by atoms with E-state index in [0.29, 0.717) is 37.4 Å². The van der Waals surface area contributed by atoms with Crippen LogP contribution in [0.5, 0.6) is 5.75 Å². The molecule has 0 N–H and O–H groups in total. The highest BCUT2D eigenvalue weighted by molar-refractivity contribution is 5.95. The molecule has 148 valence electrons. The van der Waals surface area contributed by atoms with E-state index >= 15 is 0 Å². The number of amides is 2. The van der Waals surface area contributed by atoms with Gasteiger partial charge in [0.05, 0.1) is 19.0 Å². The highest BCUT2D eigenvalue weighted by Gasteiger charge is 2.33. The third-order valence-electron chi connectivity index (χ3n) is 5.67. The van der Waals surface area contributed by atoms with Crippen LogP contribution in [0.25, 0.3) is 5.69 Å². The van der Waals surface area contributed by atoms with Crippen molar-refractivity contribution in [3.63, 3.8) is 0 Å². The molecular weight excluding hydrogens is 356 g/mol. The van der Waals surface area contributed by atoms with Crippen molar-refractivity contribution in [1.82, 2.24) is 19.6 Å². The van der Waals surface area contributed by atoms with Gasteiger partial charge in [0.1, 0.15) is 0 Å². The molecule has 0 unspecified atom stereocenters. The second-order valence-corrected chi connectivity index (χ2v) is 7.43. The number of piperidine rings is 1. The Morgan fingerprint density at radius 3 is 2.32 bits per heavy atom. The van der Waals surface area contributed by atoms with Crippen LogP contribution in [0.2, 0.25) is 0 Å². The summed E-state index contributed by atoms with van der Waals surface area (Å²) >= 11 is 0. The molecule has 0 radical (unpaired) electrons. The summed E-state index contributed by atoms with van der Waals surface area (Å²) in [4.78, 5) is 29.4. The molecule has 3 heterocycles. The lowest BCUT2D eigenvalue weighted by Crippen LogP contribution is -2.44. The first-order chi connectivity index (χ1) is 13.7. The number of ether oxygens (including phenoxy) is 1. The topological polar surface area (TPSA) is 67.7 Å². The summed E-state index contributed by atoms with van der Waals surface area (Å²) in [6.07, 6.45) is 5.36. The Kier molecular flexibility index (Phi) is 5.32. The summed E-state index contributed by atoms with van der Waals surface area (Å²) in [5.74, 6) is 0.615. The van der Waals surface area contributed by atoms with Crippen molar-refractivity contribution in [3.8, 4) is 11.4 Å². The second-order valence-electron chi connectivity index (χ2n) is 7.43. The summed E-state index contributed by atoms with van der Waals surface area (Å²) in [6.45, 7) is 2.91. The van der Waals surface area contributed by atoms with Crippen LogP contribution in [0, 0.1) is 5.92 Å². The van der Waals surface area contributed by atoms with Gasteiger partial charge in [-0.25, -0.2) is 4.68 Å². The van der Waals surface area contributed by atoms with Crippen molar-refractivity contribution >= 4 is 11.8 Å². The minimum absolute atomic E-state index is 0.0333. The molecule has 2 amide bonds. The maximum absolute atomic E-state index is 13.0. The van der Waals surface area contributed by atoms with E-state index in [0.717, 1.165) is 31.6 Å². The zero-order valence-electron chi connectivity index (χ0n) is 16.2. The lowest BCUT2D eigenvalue weighted by Gasteiger charge is -2.32. The lowest BCUT2D eigenvalue weighted by atomic mass is 9.95. The number of carbonyl (C=O) groups excluding carboxylic acids is 2. The third kappa shape index (κ3) is 3.61. The average Bonchev–Trinajstić information content (AvgIpc) is 3.43. The number of aromatic nitrogens is 2. The van der Waals surface area contributed by atoms with Crippen LogP contribution < -0.4 is 4.74 Å². The van der Waals surface area contributed by atoms with Gasteiger partial charge in [-0.1, -0.05) is 18.2 Å². The molecule has 2 saturated heterocycles. The SMILES string of the molecule is COc1cn(-c2ccccc2)nc1C(=O)N1CCC(C(=O)N2CCCC2)CC1. The van der Waals surface area contributed by atoms with E-state index in [1.54, 1.807) is 22.9 Å². The molecule has 2 aliphatic rings. The summed E-state index contributed by atoms with van der Waals surface area (Å²) < 4.78 is 7.06. The van der Waals surface area contributed by atoms with Gasteiger partial charge in [-0.2, -0.15) is 5.10 Å². The maximum Gasteiger partial charge on any atom is 0.278 e. The van der Waals surface area contributed by atoms with Gasteiger partial charge in [0.15, 0.2) is 11.4 Å². The van der Waals surface area contributed by atoms with Crippen molar-refractivity contribution in [3.05, 3.63) is 42.2 Å². The Morgan fingerprint density at radius 2 is 1.68 bits per heavy atom. The molecule has 0 atom stereocenters. The first-order valence-corrected chi connectivity index (χ1v) is 9.94. The van der Waals surface area contributed by atoms with Gasteiger partial charge < -0.3 is 14.5 Å². The number of hydrogen-bond donors (Lipinski definition) is 0. The Morgan fingerprint density at radius 1 is 1.00 bits per heavy atom. The van der Waals surface area contributed by atoms with Crippen LogP contribution in [0.4, 0.5) is 0 Å². The Labute approximate surface area is 164 Å². The molecular formula is C21H26N4O3. The Hall–Kier alpha value is -2.83. The van der Waals surface area contributed by atoms with E-state index in [9.17, 15) is 9.59 Å². The van der Waals surface area contributed by atoms with Gasteiger partial charge >= 0.3 is 0 Å². The van der Waals surface area contributed by atoms with E-state index in [2.05, 4.69) is 5.10 Å². The minimum Gasteiger partial charge on any atom is -0.493 e. The number of para-hydroxylation sites is 1. The van der Waals surface area contributed by atoms with Crippen molar-refractivity contribution < 1.29 is 14.3 Å². The minimum atomic E-state index is -0.140. The molecule has 0 aliphatic carbocycles. The van der Waals surface area contributed by atoms with Gasteiger partial charge in [0.25, 0.3) is 5.91 Å². The molecule has 7 nitrogen and oxygen atoms in total. The molecule has 2 aromatic rings. The van der Waals surface area contributed by atoms with E-state index in [1.165, 1.54) is 0 Å². The predicted molar refractivity (Wildman–Crippen MR) is 105 cm³/mol. The van der Waals surface area contributed by atoms with Crippen LogP contribution in [0.15, 0.2) is 36.5 Å². The molecule has 0 saturated carbocycles. The summed E-state index contributed by atoms with van der Waals surface area (Å²) in [5.41, 5.74) is 1.19. The molecule has 1 aromatic heterocycles. The molecule has 28 heavy (non-hydrogen) atoms. The van der Waals surface area contributed by atoms with Crippen LogP contribution in [-0.4, -0.2) is 64.7 Å². The van der Waals surface area contributed by atoms with Crippen molar-refractivity contribution in [2.24, 2.45) is 5.92 Å². The van der Waals surface area contributed by atoms with Crippen LogP contribution >= 0.6 is 0 Å². The monoisotopic (exact) mass is 382 g/mol. The second kappa shape index (κ2) is 8.04. The fourth-order valence-electron chi connectivity index (χ4n) is 4.04. The zero-order valence-corrected chi connectivity index (χ0v) is 16.2. The smallest absolute Gasteiger partial charge is 0.278 e. The van der Waals surface area contributed by atoms with Gasteiger partial charge in [0.2, 0.25) is 5.91 Å². The van der Waals surface area contributed by atoms with Crippen molar-refractivity contribution in [2.45, 2.75) is 25.7 Å². The van der Waals surface area contributed by atoms with Gasteiger partial charge in [-0.15, -0.1) is 0 Å².